The summed E-state index contributed by atoms with van der Waals surface area (Å²) in [5.41, 5.74) is 1.49. The van der Waals surface area contributed by atoms with Gasteiger partial charge in [-0.3, -0.25) is 0 Å². The van der Waals surface area contributed by atoms with E-state index >= 15 is 0 Å². The Kier molecular flexibility index (Phi) is 3.03. The minimum absolute atomic E-state index is 0.211. The first-order valence-electron chi connectivity index (χ1n) is 6.07. The van der Waals surface area contributed by atoms with Crippen LogP contribution in [0.5, 0.6) is 5.75 Å². The smallest absolute Gasteiger partial charge is 0.168 e. The zero-order valence-corrected chi connectivity index (χ0v) is 10.3. The number of hydrogen-bond acceptors (Lipinski definition) is 3. The summed E-state index contributed by atoms with van der Waals surface area (Å²) in [6.07, 6.45) is 4.22. The third-order valence-corrected chi connectivity index (χ3v) is 3.76. The summed E-state index contributed by atoms with van der Waals surface area (Å²) in [7, 11) is 0. The summed E-state index contributed by atoms with van der Waals surface area (Å²) in [6, 6.07) is 2.14. The first-order valence-corrected chi connectivity index (χ1v) is 6.07. The normalized spacial score (nSPS) is 14.9. The lowest BCUT2D eigenvalue weighted by molar-refractivity contribution is 0.319. The Morgan fingerprint density at radius 2 is 2.19 bits per heavy atom. The van der Waals surface area contributed by atoms with Crippen molar-refractivity contribution in [3.63, 3.8) is 0 Å². The van der Waals surface area contributed by atoms with Crippen LogP contribution in [0.4, 0.5) is 5.82 Å². The van der Waals surface area contributed by atoms with E-state index in [0.717, 1.165) is 37.6 Å². The highest BCUT2D eigenvalue weighted by Gasteiger charge is 2.24. The molecule has 0 saturated heterocycles. The number of fused-ring (bicyclic) bond motifs is 1. The van der Waals surface area contributed by atoms with E-state index < -0.39 is 0 Å². The third-order valence-electron chi connectivity index (χ3n) is 3.76. The predicted molar refractivity (Wildman–Crippen MR) is 66.2 cm³/mol. The second kappa shape index (κ2) is 4.32. The molecule has 0 amide bonds. The van der Waals surface area contributed by atoms with Crippen molar-refractivity contribution in [3.8, 4) is 5.75 Å². The summed E-state index contributed by atoms with van der Waals surface area (Å²) in [5, 5.41) is 3.24. The van der Waals surface area contributed by atoms with E-state index in [9.17, 15) is 0 Å². The third kappa shape index (κ3) is 1.86. The molecule has 1 N–H and O–H groups in total. The van der Waals surface area contributed by atoms with Gasteiger partial charge in [0, 0.05) is 6.20 Å². The first-order chi connectivity index (χ1) is 7.69. The average molecular weight is 220 g/mol. The van der Waals surface area contributed by atoms with Crippen LogP contribution in [0.25, 0.3) is 0 Å². The molecule has 0 fully saturated rings. The van der Waals surface area contributed by atoms with Gasteiger partial charge in [-0.15, -0.1) is 0 Å². The van der Waals surface area contributed by atoms with Crippen molar-refractivity contribution in [3.05, 3.63) is 17.8 Å². The van der Waals surface area contributed by atoms with E-state index in [1.807, 2.05) is 6.20 Å². The maximum absolute atomic E-state index is 5.62. The van der Waals surface area contributed by atoms with Crippen LogP contribution in [0.3, 0.4) is 0 Å². The quantitative estimate of drug-likeness (QED) is 0.850. The average Bonchev–Trinajstić information content (AvgIpc) is 2.37. The number of ether oxygens (including phenoxy) is 1. The lowest BCUT2D eigenvalue weighted by atomic mass is 9.78. The molecular weight excluding hydrogens is 200 g/mol. The highest BCUT2D eigenvalue weighted by Crippen LogP contribution is 2.35. The Morgan fingerprint density at radius 3 is 2.88 bits per heavy atom. The Bertz CT molecular complexity index is 372. The SMILES string of the molecule is CCC(C)(CC)c1cnc2c(c1)OCCN2. The summed E-state index contributed by atoms with van der Waals surface area (Å²) in [4.78, 5) is 4.45. The number of anilines is 1. The van der Waals surface area contributed by atoms with Gasteiger partial charge in [-0.05, 0) is 29.9 Å². The lowest BCUT2D eigenvalue weighted by Crippen LogP contribution is -2.23. The van der Waals surface area contributed by atoms with Gasteiger partial charge in [-0.1, -0.05) is 20.8 Å². The largest absolute Gasteiger partial charge is 0.488 e. The van der Waals surface area contributed by atoms with Crippen LogP contribution < -0.4 is 10.1 Å². The van der Waals surface area contributed by atoms with Gasteiger partial charge >= 0.3 is 0 Å². The predicted octanol–water partition coefficient (Wildman–Crippen LogP) is 2.96. The van der Waals surface area contributed by atoms with Crippen molar-refractivity contribution in [2.45, 2.75) is 39.0 Å². The topological polar surface area (TPSA) is 34.1 Å². The van der Waals surface area contributed by atoms with Crippen molar-refractivity contribution in [1.29, 1.82) is 0 Å². The summed E-state index contributed by atoms with van der Waals surface area (Å²) in [5.74, 6) is 1.78. The molecule has 0 saturated carbocycles. The Balaban J connectivity index is 2.36. The minimum Gasteiger partial charge on any atom is -0.488 e. The van der Waals surface area contributed by atoms with E-state index in [2.05, 4.69) is 37.1 Å². The highest BCUT2D eigenvalue weighted by molar-refractivity contribution is 5.53. The molecule has 1 aromatic rings. The lowest BCUT2D eigenvalue weighted by Gasteiger charge is -2.28. The first kappa shape index (κ1) is 11.2. The van der Waals surface area contributed by atoms with Gasteiger partial charge in [-0.2, -0.15) is 0 Å². The molecule has 3 heteroatoms. The van der Waals surface area contributed by atoms with Crippen LogP contribution in [0.1, 0.15) is 39.2 Å². The number of aromatic nitrogens is 1. The maximum atomic E-state index is 5.62. The van der Waals surface area contributed by atoms with Gasteiger partial charge in [0.1, 0.15) is 6.61 Å². The van der Waals surface area contributed by atoms with Crippen LogP contribution in [0.2, 0.25) is 0 Å². The number of rotatable bonds is 3. The van der Waals surface area contributed by atoms with E-state index in [0.29, 0.717) is 0 Å². The fourth-order valence-corrected chi connectivity index (χ4v) is 2.01. The van der Waals surface area contributed by atoms with Gasteiger partial charge in [0.05, 0.1) is 6.54 Å². The fraction of sp³-hybridized carbons (Fsp3) is 0.615. The molecule has 2 rings (SSSR count). The number of nitrogens with zero attached hydrogens (tertiary/aromatic N) is 1. The highest BCUT2D eigenvalue weighted by atomic mass is 16.5. The number of hydrogen-bond donors (Lipinski definition) is 1. The monoisotopic (exact) mass is 220 g/mol. The molecule has 16 heavy (non-hydrogen) atoms. The molecule has 0 aliphatic carbocycles. The minimum atomic E-state index is 0.211. The molecule has 0 radical (unpaired) electrons. The van der Waals surface area contributed by atoms with Gasteiger partial charge < -0.3 is 10.1 Å². The van der Waals surface area contributed by atoms with Crippen molar-refractivity contribution < 1.29 is 4.74 Å². The molecule has 3 nitrogen and oxygen atoms in total. The van der Waals surface area contributed by atoms with Gasteiger partial charge in [0.25, 0.3) is 0 Å². The molecule has 0 aromatic carbocycles. The zero-order valence-electron chi connectivity index (χ0n) is 10.3. The van der Waals surface area contributed by atoms with Crippen LogP contribution in [0, 0.1) is 0 Å². The molecule has 0 unspecified atom stereocenters. The van der Waals surface area contributed by atoms with Crippen LogP contribution in [-0.2, 0) is 5.41 Å². The van der Waals surface area contributed by atoms with Crippen LogP contribution >= 0.6 is 0 Å². The van der Waals surface area contributed by atoms with Crippen LogP contribution in [-0.4, -0.2) is 18.1 Å². The van der Waals surface area contributed by atoms with Crippen molar-refractivity contribution in [2.75, 3.05) is 18.5 Å². The standard InChI is InChI=1S/C13H20N2O/c1-4-13(3,5-2)10-8-11-12(15-9-10)14-6-7-16-11/h8-9H,4-7H2,1-3H3,(H,14,15). The zero-order chi connectivity index (χ0) is 11.6. The summed E-state index contributed by atoms with van der Waals surface area (Å²) >= 11 is 0. The van der Waals surface area contributed by atoms with E-state index in [1.165, 1.54) is 5.56 Å². The molecule has 1 aromatic heterocycles. The second-order valence-corrected chi connectivity index (χ2v) is 4.61. The summed E-state index contributed by atoms with van der Waals surface area (Å²) in [6.45, 7) is 8.31. The molecule has 2 heterocycles. The van der Waals surface area contributed by atoms with Gasteiger partial charge in [0.15, 0.2) is 11.6 Å². The molecule has 88 valence electrons. The molecule has 1 aliphatic heterocycles. The molecule has 0 bridgehead atoms. The van der Waals surface area contributed by atoms with Crippen molar-refractivity contribution in [1.82, 2.24) is 4.98 Å². The van der Waals surface area contributed by atoms with E-state index in [1.54, 1.807) is 0 Å². The molecule has 1 aliphatic rings. The maximum Gasteiger partial charge on any atom is 0.168 e. The number of nitrogens with one attached hydrogen (secondary N) is 1. The van der Waals surface area contributed by atoms with E-state index in [4.69, 9.17) is 4.74 Å². The van der Waals surface area contributed by atoms with Crippen molar-refractivity contribution >= 4 is 5.82 Å². The Labute approximate surface area is 97.2 Å². The fourth-order valence-electron chi connectivity index (χ4n) is 2.01. The second-order valence-electron chi connectivity index (χ2n) is 4.61. The van der Waals surface area contributed by atoms with Gasteiger partial charge in [0.2, 0.25) is 0 Å². The number of pyridine rings is 1. The Morgan fingerprint density at radius 1 is 1.44 bits per heavy atom. The molecular formula is C13H20N2O. The van der Waals surface area contributed by atoms with Gasteiger partial charge in [-0.25, -0.2) is 4.98 Å². The van der Waals surface area contributed by atoms with E-state index in [-0.39, 0.29) is 5.41 Å². The van der Waals surface area contributed by atoms with Crippen molar-refractivity contribution in [2.24, 2.45) is 0 Å². The Hall–Kier alpha value is -1.25. The van der Waals surface area contributed by atoms with Crippen LogP contribution in [0.15, 0.2) is 12.3 Å². The molecule has 0 atom stereocenters. The molecule has 0 spiro atoms. The summed E-state index contributed by atoms with van der Waals surface area (Å²) < 4.78 is 5.62.